The summed E-state index contributed by atoms with van der Waals surface area (Å²) in [5.41, 5.74) is 1.47. The van der Waals surface area contributed by atoms with E-state index in [1.165, 1.54) is 12.8 Å². The van der Waals surface area contributed by atoms with E-state index in [9.17, 15) is 4.79 Å². The average molecular weight is 376 g/mol. The Morgan fingerprint density at radius 2 is 2.04 bits per heavy atom. The van der Waals surface area contributed by atoms with Crippen LogP contribution in [0.2, 0.25) is 0 Å². The predicted octanol–water partition coefficient (Wildman–Crippen LogP) is 2.45. The molecule has 6 heteroatoms. The number of aryl methyl sites for hydroxylation is 1. The van der Waals surface area contributed by atoms with Crippen molar-refractivity contribution in [1.29, 1.82) is 0 Å². The number of rotatable bonds is 7. The molecule has 1 spiro atoms. The van der Waals surface area contributed by atoms with E-state index in [2.05, 4.69) is 48.9 Å². The smallest absolute Gasteiger partial charge is 0.240 e. The second-order valence-electron chi connectivity index (χ2n) is 8.55. The molecule has 1 aromatic heterocycles. The summed E-state index contributed by atoms with van der Waals surface area (Å²) in [6, 6.07) is 0.0505. The quantitative estimate of drug-likeness (QED) is 0.734. The van der Waals surface area contributed by atoms with Crippen LogP contribution >= 0.6 is 0 Å². The summed E-state index contributed by atoms with van der Waals surface area (Å²) in [5, 5.41) is 4.36. The van der Waals surface area contributed by atoms with Crippen LogP contribution in [0.5, 0.6) is 0 Å². The fourth-order valence-electron chi connectivity index (χ4n) is 4.80. The minimum absolute atomic E-state index is 0.0505. The van der Waals surface area contributed by atoms with Gasteiger partial charge in [0.15, 0.2) is 0 Å². The minimum atomic E-state index is 0.0505. The average Bonchev–Trinajstić information content (AvgIpc) is 3.27. The van der Waals surface area contributed by atoms with Gasteiger partial charge in [-0.2, -0.15) is 5.10 Å². The van der Waals surface area contributed by atoms with Crippen LogP contribution in [0, 0.1) is 5.41 Å². The summed E-state index contributed by atoms with van der Waals surface area (Å²) in [6.45, 7) is 13.1. The first kappa shape index (κ1) is 20.3. The summed E-state index contributed by atoms with van der Waals surface area (Å²) in [4.78, 5) is 20.4. The lowest BCUT2D eigenvalue weighted by atomic mass is 9.76. The number of nitrogens with zero attached hydrogens (tertiary/aromatic N) is 5. The van der Waals surface area contributed by atoms with Crippen LogP contribution in [0.15, 0.2) is 12.4 Å². The maximum atomic E-state index is 13.5. The predicted molar refractivity (Wildman–Crippen MR) is 108 cm³/mol. The monoisotopic (exact) mass is 375 g/mol. The molecule has 1 atom stereocenters. The number of likely N-dealkylation sites (tertiary alicyclic amines) is 2. The molecule has 27 heavy (non-hydrogen) atoms. The van der Waals surface area contributed by atoms with Gasteiger partial charge in [-0.25, -0.2) is 0 Å². The van der Waals surface area contributed by atoms with E-state index in [-0.39, 0.29) is 6.04 Å². The molecule has 0 radical (unpaired) electrons. The fourth-order valence-corrected chi connectivity index (χ4v) is 4.80. The van der Waals surface area contributed by atoms with Crippen molar-refractivity contribution in [1.82, 2.24) is 24.5 Å². The van der Waals surface area contributed by atoms with Gasteiger partial charge in [0, 0.05) is 37.9 Å². The normalized spacial score (nSPS) is 23.2. The van der Waals surface area contributed by atoms with Gasteiger partial charge in [-0.15, -0.1) is 0 Å². The molecule has 0 unspecified atom stereocenters. The highest BCUT2D eigenvalue weighted by molar-refractivity contribution is 5.82. The highest BCUT2D eigenvalue weighted by Gasteiger charge is 2.48. The molecule has 3 heterocycles. The lowest BCUT2D eigenvalue weighted by Crippen LogP contribution is -2.45. The maximum Gasteiger partial charge on any atom is 0.240 e. The van der Waals surface area contributed by atoms with Crippen molar-refractivity contribution in [3.63, 3.8) is 0 Å². The van der Waals surface area contributed by atoms with Gasteiger partial charge in [0.2, 0.25) is 5.91 Å². The molecule has 1 aromatic rings. The van der Waals surface area contributed by atoms with Crippen molar-refractivity contribution >= 4 is 5.91 Å². The first-order chi connectivity index (χ1) is 13.0. The van der Waals surface area contributed by atoms with Gasteiger partial charge in [0.25, 0.3) is 0 Å². The second-order valence-corrected chi connectivity index (χ2v) is 8.55. The molecule has 0 aliphatic carbocycles. The van der Waals surface area contributed by atoms with Gasteiger partial charge in [-0.05, 0) is 71.6 Å². The first-order valence-electron chi connectivity index (χ1n) is 10.7. The van der Waals surface area contributed by atoms with E-state index < -0.39 is 0 Å². The first-order valence-corrected chi connectivity index (χ1v) is 10.7. The zero-order valence-corrected chi connectivity index (χ0v) is 17.7. The number of aromatic nitrogens is 2. The maximum absolute atomic E-state index is 13.5. The Hall–Kier alpha value is -1.40. The van der Waals surface area contributed by atoms with Crippen LogP contribution in [0.25, 0.3) is 0 Å². The summed E-state index contributed by atoms with van der Waals surface area (Å²) in [7, 11) is 2.21. The van der Waals surface area contributed by atoms with Gasteiger partial charge in [-0.1, -0.05) is 6.92 Å². The molecule has 0 aromatic carbocycles. The number of amides is 1. The number of piperidine rings is 1. The van der Waals surface area contributed by atoms with E-state index >= 15 is 0 Å². The molecule has 2 saturated heterocycles. The third kappa shape index (κ3) is 4.54. The van der Waals surface area contributed by atoms with Crippen molar-refractivity contribution in [3.8, 4) is 0 Å². The van der Waals surface area contributed by atoms with Crippen molar-refractivity contribution in [2.75, 3.05) is 39.8 Å². The zero-order valence-electron chi connectivity index (χ0n) is 17.7. The SMILES string of the molecule is CCCN1CC2(CCN(C)CC2)C[C@@H]1C(=O)N(CC)Cc1cnn(CC)c1. The standard InChI is InChI=1S/C21H37N5O/c1-5-10-25-17-21(8-11-23(4)12-9-21)13-19(25)20(27)24(6-2)15-18-14-22-26(7-3)16-18/h14,16,19H,5-13,15,17H2,1-4H3/t19-/m1/s1. The summed E-state index contributed by atoms with van der Waals surface area (Å²) < 4.78 is 1.93. The Morgan fingerprint density at radius 3 is 2.63 bits per heavy atom. The summed E-state index contributed by atoms with van der Waals surface area (Å²) in [6.07, 6.45) is 8.55. The number of hydrogen-bond donors (Lipinski definition) is 0. The molecular weight excluding hydrogens is 338 g/mol. The number of carbonyl (C=O) groups is 1. The van der Waals surface area contributed by atoms with Crippen molar-refractivity contribution in [2.24, 2.45) is 5.41 Å². The van der Waals surface area contributed by atoms with Crippen molar-refractivity contribution in [3.05, 3.63) is 18.0 Å². The van der Waals surface area contributed by atoms with E-state index in [0.717, 1.165) is 57.7 Å². The van der Waals surface area contributed by atoms with E-state index in [1.807, 2.05) is 15.8 Å². The van der Waals surface area contributed by atoms with Crippen LogP contribution in [0.3, 0.4) is 0 Å². The molecule has 6 nitrogen and oxygen atoms in total. The van der Waals surface area contributed by atoms with Gasteiger partial charge >= 0.3 is 0 Å². The van der Waals surface area contributed by atoms with Gasteiger partial charge in [0.1, 0.15) is 0 Å². The van der Waals surface area contributed by atoms with E-state index in [0.29, 0.717) is 17.9 Å². The zero-order chi connectivity index (χ0) is 19.4. The molecular formula is C21H37N5O. The molecule has 0 N–H and O–H groups in total. The lowest BCUT2D eigenvalue weighted by Gasteiger charge is -2.37. The van der Waals surface area contributed by atoms with Crippen LogP contribution in [-0.2, 0) is 17.9 Å². The second kappa shape index (κ2) is 8.74. The molecule has 3 rings (SSSR count). The molecule has 2 fully saturated rings. The van der Waals surface area contributed by atoms with Crippen LogP contribution < -0.4 is 0 Å². The van der Waals surface area contributed by atoms with Crippen LogP contribution in [0.4, 0.5) is 0 Å². The van der Waals surface area contributed by atoms with Crippen molar-refractivity contribution in [2.45, 2.75) is 65.6 Å². The Labute approximate surface area is 164 Å². The number of likely N-dealkylation sites (N-methyl/N-ethyl adjacent to an activating group) is 1. The third-order valence-electron chi connectivity index (χ3n) is 6.53. The van der Waals surface area contributed by atoms with Gasteiger partial charge in [0.05, 0.1) is 12.2 Å². The highest BCUT2D eigenvalue weighted by atomic mass is 16.2. The molecule has 0 bridgehead atoms. The minimum Gasteiger partial charge on any atom is -0.337 e. The molecule has 1 amide bonds. The third-order valence-corrected chi connectivity index (χ3v) is 6.53. The molecule has 152 valence electrons. The van der Waals surface area contributed by atoms with Crippen LogP contribution in [0.1, 0.15) is 52.0 Å². The Kier molecular flexibility index (Phi) is 6.58. The topological polar surface area (TPSA) is 44.6 Å². The summed E-state index contributed by atoms with van der Waals surface area (Å²) >= 11 is 0. The molecule has 2 aliphatic rings. The largest absolute Gasteiger partial charge is 0.337 e. The van der Waals surface area contributed by atoms with E-state index in [4.69, 9.17) is 0 Å². The Morgan fingerprint density at radius 1 is 1.30 bits per heavy atom. The molecule has 0 saturated carbocycles. The van der Waals surface area contributed by atoms with Gasteiger partial charge < -0.3 is 9.80 Å². The number of hydrogen-bond acceptors (Lipinski definition) is 4. The van der Waals surface area contributed by atoms with E-state index in [1.54, 1.807) is 0 Å². The van der Waals surface area contributed by atoms with Crippen LogP contribution in [-0.4, -0.2) is 76.2 Å². The van der Waals surface area contributed by atoms with Gasteiger partial charge in [-0.3, -0.25) is 14.4 Å². The van der Waals surface area contributed by atoms with Crippen molar-refractivity contribution < 1.29 is 4.79 Å². The Balaban J connectivity index is 1.71. The Bertz CT molecular complexity index is 620. The molecule has 2 aliphatic heterocycles. The number of carbonyl (C=O) groups excluding carboxylic acids is 1. The highest BCUT2D eigenvalue weighted by Crippen LogP contribution is 2.43. The summed E-state index contributed by atoms with van der Waals surface area (Å²) in [5.74, 6) is 0.311. The lowest BCUT2D eigenvalue weighted by molar-refractivity contribution is -0.136. The fraction of sp³-hybridized carbons (Fsp3) is 0.810.